The van der Waals surface area contributed by atoms with E-state index >= 15 is 0 Å². The van der Waals surface area contributed by atoms with Crippen LogP contribution >= 0.6 is 12.2 Å². The summed E-state index contributed by atoms with van der Waals surface area (Å²) in [5, 5.41) is 0. The highest BCUT2D eigenvalue weighted by Gasteiger charge is 2.10. The zero-order valence-electron chi connectivity index (χ0n) is 9.02. The molecule has 7 heteroatoms. The molecule has 0 rings (SSSR count). The lowest BCUT2D eigenvalue weighted by atomic mass is 10.2. The van der Waals surface area contributed by atoms with Crippen LogP contribution in [-0.2, 0) is 14.8 Å². The molecule has 90 valence electrons. The molecule has 0 spiro atoms. The number of thiocarbonyl (C=S) groups is 1. The summed E-state index contributed by atoms with van der Waals surface area (Å²) in [4.78, 5) is -0.0365. The number of nitrogens with two attached hydrogens (primary N) is 1. The molecule has 0 bridgehead atoms. The lowest BCUT2D eigenvalue weighted by Gasteiger charge is -2.08. The highest BCUT2D eigenvalue weighted by Crippen LogP contribution is 1.91. The van der Waals surface area contributed by atoms with E-state index < -0.39 is 10.0 Å². The average Bonchev–Trinajstić information content (AvgIpc) is 1.99. The first-order chi connectivity index (χ1) is 6.83. The van der Waals surface area contributed by atoms with Gasteiger partial charge >= 0.3 is 0 Å². The van der Waals surface area contributed by atoms with Gasteiger partial charge in [0, 0.05) is 13.2 Å². The van der Waals surface area contributed by atoms with E-state index in [4.69, 9.17) is 10.5 Å². The van der Waals surface area contributed by atoms with Gasteiger partial charge in [0.05, 0.1) is 11.6 Å². The van der Waals surface area contributed by atoms with Gasteiger partial charge in [0.1, 0.15) is 5.75 Å². The van der Waals surface area contributed by atoms with Gasteiger partial charge in [-0.25, -0.2) is 13.1 Å². The Bertz CT molecular complexity index is 288. The van der Waals surface area contributed by atoms with E-state index in [-0.39, 0.29) is 17.3 Å². The van der Waals surface area contributed by atoms with Gasteiger partial charge in [-0.3, -0.25) is 0 Å². The Morgan fingerprint density at radius 2 is 2.13 bits per heavy atom. The molecule has 0 unspecified atom stereocenters. The number of nitrogens with one attached hydrogen (secondary N) is 1. The third-order valence-corrected chi connectivity index (χ3v) is 3.01. The minimum atomic E-state index is -3.38. The SMILES string of the molecule is CC(C)COCCNS(=O)(=O)CC(N)=S. The molecule has 3 N–H and O–H groups in total. The molecule has 0 atom stereocenters. The molecule has 0 saturated heterocycles. The second-order valence-electron chi connectivity index (χ2n) is 3.59. The molecule has 0 aromatic rings. The van der Waals surface area contributed by atoms with Crippen molar-refractivity contribution in [3.8, 4) is 0 Å². The predicted molar refractivity (Wildman–Crippen MR) is 64.2 cm³/mol. The van der Waals surface area contributed by atoms with Crippen LogP contribution in [0.25, 0.3) is 0 Å². The number of rotatable bonds is 8. The Kier molecular flexibility index (Phi) is 6.99. The van der Waals surface area contributed by atoms with Crippen LogP contribution in [0.15, 0.2) is 0 Å². The standard InChI is InChI=1S/C8H18N2O3S2/c1-7(2)5-13-4-3-10-15(11,12)6-8(9)14/h7,10H,3-6H2,1-2H3,(H2,9,14). The van der Waals surface area contributed by atoms with Crippen LogP contribution in [0.1, 0.15) is 13.8 Å². The summed E-state index contributed by atoms with van der Waals surface area (Å²) in [5.41, 5.74) is 5.13. The summed E-state index contributed by atoms with van der Waals surface area (Å²) in [6.45, 7) is 5.28. The van der Waals surface area contributed by atoms with Gasteiger partial charge in [0.2, 0.25) is 10.0 Å². The number of sulfonamides is 1. The van der Waals surface area contributed by atoms with Crippen LogP contribution in [0.3, 0.4) is 0 Å². The van der Waals surface area contributed by atoms with Crippen LogP contribution < -0.4 is 10.5 Å². The quantitative estimate of drug-likeness (QED) is 0.465. The van der Waals surface area contributed by atoms with E-state index in [9.17, 15) is 8.42 Å². The maximum Gasteiger partial charge on any atom is 0.218 e. The van der Waals surface area contributed by atoms with E-state index in [0.29, 0.717) is 19.1 Å². The van der Waals surface area contributed by atoms with Crippen LogP contribution in [0.5, 0.6) is 0 Å². The van der Waals surface area contributed by atoms with Crippen molar-refractivity contribution in [2.45, 2.75) is 13.8 Å². The summed E-state index contributed by atoms with van der Waals surface area (Å²) in [6, 6.07) is 0. The van der Waals surface area contributed by atoms with Gasteiger partial charge in [-0.2, -0.15) is 0 Å². The van der Waals surface area contributed by atoms with Crippen molar-refractivity contribution in [2.75, 3.05) is 25.5 Å². The summed E-state index contributed by atoms with van der Waals surface area (Å²) >= 11 is 4.51. The van der Waals surface area contributed by atoms with E-state index in [0.717, 1.165) is 0 Å². The van der Waals surface area contributed by atoms with E-state index in [1.165, 1.54) is 0 Å². The fraction of sp³-hybridized carbons (Fsp3) is 0.875. The van der Waals surface area contributed by atoms with Crippen molar-refractivity contribution >= 4 is 27.2 Å². The van der Waals surface area contributed by atoms with Crippen LogP contribution in [0.2, 0.25) is 0 Å². The number of ether oxygens (including phenoxy) is 1. The molecule has 0 radical (unpaired) electrons. The second-order valence-corrected chi connectivity index (χ2v) is 5.92. The third kappa shape index (κ3) is 10.1. The van der Waals surface area contributed by atoms with Crippen molar-refractivity contribution in [3.05, 3.63) is 0 Å². The van der Waals surface area contributed by atoms with Crippen molar-refractivity contribution in [3.63, 3.8) is 0 Å². The number of hydrogen-bond acceptors (Lipinski definition) is 4. The van der Waals surface area contributed by atoms with Crippen molar-refractivity contribution < 1.29 is 13.2 Å². The van der Waals surface area contributed by atoms with Crippen LogP contribution in [-0.4, -0.2) is 38.9 Å². The Balaban J connectivity index is 3.63. The smallest absolute Gasteiger partial charge is 0.218 e. The molecule has 0 aliphatic rings. The van der Waals surface area contributed by atoms with Gasteiger partial charge in [0.25, 0.3) is 0 Å². The summed E-state index contributed by atoms with van der Waals surface area (Å²) in [7, 11) is -3.38. The molecule has 5 nitrogen and oxygen atoms in total. The highest BCUT2D eigenvalue weighted by atomic mass is 32.2. The molecular weight excluding hydrogens is 236 g/mol. The Morgan fingerprint density at radius 3 is 2.60 bits per heavy atom. The van der Waals surface area contributed by atoms with Gasteiger partial charge in [-0.1, -0.05) is 26.1 Å². The molecule has 0 aliphatic carbocycles. The fourth-order valence-corrected chi connectivity index (χ4v) is 2.16. The Labute approximate surface area is 96.4 Å². The van der Waals surface area contributed by atoms with Gasteiger partial charge in [-0.15, -0.1) is 0 Å². The van der Waals surface area contributed by atoms with Crippen LogP contribution in [0.4, 0.5) is 0 Å². The second kappa shape index (κ2) is 7.10. The van der Waals surface area contributed by atoms with Gasteiger partial charge in [0.15, 0.2) is 0 Å². The largest absolute Gasteiger partial charge is 0.392 e. The molecule has 0 amide bonds. The lowest BCUT2D eigenvalue weighted by Crippen LogP contribution is -2.34. The molecule has 0 saturated carbocycles. The lowest BCUT2D eigenvalue weighted by molar-refractivity contribution is 0.114. The minimum Gasteiger partial charge on any atom is -0.392 e. The first-order valence-electron chi connectivity index (χ1n) is 4.67. The zero-order chi connectivity index (χ0) is 11.9. The van der Waals surface area contributed by atoms with Crippen molar-refractivity contribution in [1.82, 2.24) is 4.72 Å². The highest BCUT2D eigenvalue weighted by molar-refractivity contribution is 7.92. The number of hydrogen-bond donors (Lipinski definition) is 2. The first-order valence-corrected chi connectivity index (χ1v) is 6.73. The van der Waals surface area contributed by atoms with E-state index in [1.54, 1.807) is 0 Å². The maximum atomic E-state index is 11.2. The minimum absolute atomic E-state index is 0.0365. The average molecular weight is 254 g/mol. The van der Waals surface area contributed by atoms with Gasteiger partial charge in [-0.05, 0) is 5.92 Å². The van der Waals surface area contributed by atoms with Crippen molar-refractivity contribution in [1.29, 1.82) is 0 Å². The Hall–Kier alpha value is -0.240. The zero-order valence-corrected chi connectivity index (χ0v) is 10.7. The van der Waals surface area contributed by atoms with E-state index in [2.05, 4.69) is 16.9 Å². The monoisotopic (exact) mass is 254 g/mol. The molecular formula is C8H18N2O3S2. The summed E-state index contributed by atoms with van der Waals surface area (Å²) < 4.78 is 30.0. The Morgan fingerprint density at radius 1 is 1.53 bits per heavy atom. The normalized spacial score (nSPS) is 11.9. The molecule has 0 aliphatic heterocycles. The third-order valence-electron chi connectivity index (χ3n) is 1.35. The fourth-order valence-electron chi connectivity index (χ4n) is 0.827. The molecule has 0 aromatic carbocycles. The maximum absolute atomic E-state index is 11.2. The van der Waals surface area contributed by atoms with Crippen LogP contribution in [0, 0.1) is 5.92 Å². The summed E-state index contributed by atoms with van der Waals surface area (Å²) in [6.07, 6.45) is 0. The molecule has 0 heterocycles. The van der Waals surface area contributed by atoms with Gasteiger partial charge < -0.3 is 10.5 Å². The first kappa shape index (κ1) is 14.8. The molecule has 0 fully saturated rings. The molecule has 0 aromatic heterocycles. The molecule has 15 heavy (non-hydrogen) atoms. The van der Waals surface area contributed by atoms with E-state index in [1.807, 2.05) is 13.8 Å². The predicted octanol–water partition coefficient (Wildman–Crippen LogP) is -0.135. The van der Waals surface area contributed by atoms with Crippen molar-refractivity contribution in [2.24, 2.45) is 11.7 Å². The topological polar surface area (TPSA) is 81.4 Å². The summed E-state index contributed by atoms with van der Waals surface area (Å²) in [5.74, 6) is 0.130.